The van der Waals surface area contributed by atoms with Gasteiger partial charge in [-0.3, -0.25) is 9.69 Å². The third-order valence-corrected chi connectivity index (χ3v) is 6.94. The summed E-state index contributed by atoms with van der Waals surface area (Å²) in [5.74, 6) is -2.90. The van der Waals surface area contributed by atoms with E-state index in [1.54, 1.807) is 30.3 Å². The molecule has 0 amide bonds. The third-order valence-electron chi connectivity index (χ3n) is 6.94. The van der Waals surface area contributed by atoms with E-state index in [4.69, 9.17) is 14.2 Å². The molecule has 11 nitrogen and oxygen atoms in total. The zero-order valence-corrected chi connectivity index (χ0v) is 18.5. The van der Waals surface area contributed by atoms with Crippen LogP contribution < -0.4 is 0 Å². The van der Waals surface area contributed by atoms with Crippen molar-refractivity contribution in [3.05, 3.63) is 35.9 Å². The van der Waals surface area contributed by atoms with E-state index in [1.807, 2.05) is 7.05 Å². The first-order valence-electron chi connectivity index (χ1n) is 11.2. The number of fused-ring (bicyclic) bond motifs is 5. The van der Waals surface area contributed by atoms with Crippen molar-refractivity contribution in [1.82, 2.24) is 4.90 Å². The van der Waals surface area contributed by atoms with Gasteiger partial charge in [0.05, 0.1) is 0 Å². The number of carbonyl (C=O) groups is 3. The number of nitrogens with zero attached hydrogens (tertiary/aromatic N) is 1. The molecule has 0 aliphatic carbocycles. The summed E-state index contributed by atoms with van der Waals surface area (Å²) in [5, 5.41) is 38.7. The summed E-state index contributed by atoms with van der Waals surface area (Å²) in [7, 11) is 2.04. The van der Waals surface area contributed by atoms with Crippen molar-refractivity contribution in [2.24, 2.45) is 0 Å². The van der Waals surface area contributed by atoms with Gasteiger partial charge in [-0.05, 0) is 12.6 Å². The lowest BCUT2D eigenvalue weighted by atomic mass is 9.97. The molecular weight excluding hydrogens is 450 g/mol. The highest BCUT2D eigenvalue weighted by Crippen LogP contribution is 2.48. The molecule has 3 aliphatic rings. The van der Waals surface area contributed by atoms with Crippen LogP contribution in [0, 0.1) is 0 Å². The van der Waals surface area contributed by atoms with Crippen LogP contribution in [0.5, 0.6) is 0 Å². The van der Waals surface area contributed by atoms with Crippen molar-refractivity contribution in [3.8, 4) is 0 Å². The molecule has 3 saturated heterocycles. The van der Waals surface area contributed by atoms with Crippen molar-refractivity contribution in [3.63, 3.8) is 0 Å². The van der Waals surface area contributed by atoms with Crippen molar-refractivity contribution in [1.29, 1.82) is 0 Å². The summed E-state index contributed by atoms with van der Waals surface area (Å²) in [5.41, 5.74) is 0.536. The van der Waals surface area contributed by atoms with Crippen molar-refractivity contribution in [2.75, 3.05) is 13.7 Å². The van der Waals surface area contributed by atoms with Crippen LogP contribution >= 0.6 is 0 Å². The molecule has 4 N–H and O–H groups in total. The van der Waals surface area contributed by atoms with Crippen LogP contribution in [0.1, 0.15) is 24.3 Å². The fourth-order valence-electron chi connectivity index (χ4n) is 4.89. The number of morpholine rings is 1. The van der Waals surface area contributed by atoms with Gasteiger partial charge >= 0.3 is 11.9 Å². The fourth-order valence-corrected chi connectivity index (χ4v) is 4.89. The Labute approximate surface area is 195 Å². The average Bonchev–Trinajstić information content (AvgIpc) is 3.61. The maximum absolute atomic E-state index is 13.1. The number of aldehydes is 1. The maximum Gasteiger partial charge on any atom is 0.337 e. The summed E-state index contributed by atoms with van der Waals surface area (Å²) >= 11 is 0. The van der Waals surface area contributed by atoms with Crippen LogP contribution in [0.2, 0.25) is 0 Å². The first kappa shape index (κ1) is 24.7. The summed E-state index contributed by atoms with van der Waals surface area (Å²) < 4.78 is 16.5. The first-order chi connectivity index (χ1) is 16.2. The van der Waals surface area contributed by atoms with E-state index in [2.05, 4.69) is 4.90 Å². The molecule has 5 unspecified atom stereocenters. The highest BCUT2D eigenvalue weighted by molar-refractivity contribution is 5.80. The molecule has 3 heterocycles. The topological polar surface area (TPSA) is 166 Å². The number of benzene rings is 1. The Bertz CT molecular complexity index is 879. The van der Waals surface area contributed by atoms with Gasteiger partial charge in [-0.1, -0.05) is 30.3 Å². The molecule has 2 bridgehead atoms. The Hall–Kier alpha value is -2.41. The Morgan fingerprint density at radius 3 is 2.26 bits per heavy atom. The van der Waals surface area contributed by atoms with Crippen LogP contribution in [0.4, 0.5) is 0 Å². The van der Waals surface area contributed by atoms with E-state index in [0.717, 1.165) is 0 Å². The minimum atomic E-state index is -2.24. The zero-order valence-electron chi connectivity index (χ0n) is 18.5. The summed E-state index contributed by atoms with van der Waals surface area (Å²) in [6, 6.07) is 8.94. The summed E-state index contributed by atoms with van der Waals surface area (Å²) in [6.45, 7) is -0.481. The molecule has 0 aromatic heterocycles. The smallest absolute Gasteiger partial charge is 0.337 e. The van der Waals surface area contributed by atoms with Crippen LogP contribution in [-0.2, 0) is 28.6 Å². The van der Waals surface area contributed by atoms with Crippen molar-refractivity contribution >= 4 is 18.2 Å². The Morgan fingerprint density at radius 2 is 1.68 bits per heavy atom. The Morgan fingerprint density at radius 1 is 1.06 bits per heavy atom. The van der Waals surface area contributed by atoms with Gasteiger partial charge in [0, 0.05) is 24.9 Å². The lowest BCUT2D eigenvalue weighted by molar-refractivity contribution is -0.172. The number of aliphatic hydroxyl groups excluding tert-OH is 4. The quantitative estimate of drug-likeness (QED) is 0.168. The minimum absolute atomic E-state index is 0.0435. The number of aliphatic hydroxyl groups is 4. The highest BCUT2D eigenvalue weighted by Gasteiger charge is 2.62. The molecular formula is C23H29NO10. The number of rotatable bonds is 10. The van der Waals surface area contributed by atoms with Crippen LogP contribution in [0.3, 0.4) is 0 Å². The lowest BCUT2D eigenvalue weighted by Gasteiger charge is -2.38. The number of likely N-dealkylation sites (N-methyl/N-ethyl adjacent to an activating group) is 1. The highest BCUT2D eigenvalue weighted by atomic mass is 16.6. The molecule has 4 rings (SSSR count). The predicted octanol–water partition coefficient (Wildman–Crippen LogP) is -1.89. The molecule has 1 aromatic carbocycles. The second kappa shape index (κ2) is 10.1. The Balaban J connectivity index is 1.38. The maximum atomic E-state index is 13.1. The Kier molecular flexibility index (Phi) is 7.31. The second-order valence-corrected chi connectivity index (χ2v) is 9.04. The predicted molar refractivity (Wildman–Crippen MR) is 113 cm³/mol. The molecule has 0 radical (unpaired) electrons. The molecule has 34 heavy (non-hydrogen) atoms. The molecule has 3 aliphatic heterocycles. The third kappa shape index (κ3) is 4.85. The number of carbonyl (C=O) groups excluding carboxylic acids is 3. The van der Waals surface area contributed by atoms with Crippen LogP contribution in [-0.4, -0.2) is 112 Å². The van der Waals surface area contributed by atoms with Gasteiger partial charge in [0.2, 0.25) is 0 Å². The molecule has 0 spiro atoms. The molecule has 9 atom stereocenters. The zero-order chi connectivity index (χ0) is 24.6. The number of hydrogen-bond acceptors (Lipinski definition) is 11. The number of piperidine rings is 1. The number of hydrogen-bond donors (Lipinski definition) is 4. The number of esters is 2. The van der Waals surface area contributed by atoms with Gasteiger partial charge in [-0.2, -0.15) is 0 Å². The average molecular weight is 479 g/mol. The lowest BCUT2D eigenvalue weighted by Crippen LogP contribution is -2.49. The van der Waals surface area contributed by atoms with Gasteiger partial charge in [0.15, 0.2) is 12.4 Å². The van der Waals surface area contributed by atoms with E-state index in [1.165, 1.54) is 0 Å². The fraction of sp³-hybridized carbons (Fsp3) is 0.609. The second-order valence-electron chi connectivity index (χ2n) is 9.04. The summed E-state index contributed by atoms with van der Waals surface area (Å²) in [4.78, 5) is 38.1. The van der Waals surface area contributed by atoms with E-state index in [0.29, 0.717) is 18.4 Å². The largest absolute Gasteiger partial charge is 0.462 e. The molecule has 3 fully saturated rings. The molecule has 0 saturated carbocycles. The van der Waals surface area contributed by atoms with Crippen molar-refractivity contribution < 1.29 is 49.0 Å². The van der Waals surface area contributed by atoms with Gasteiger partial charge in [-0.15, -0.1) is 0 Å². The molecule has 11 heteroatoms. The van der Waals surface area contributed by atoms with Crippen molar-refractivity contribution in [2.45, 2.75) is 73.6 Å². The standard InChI is InChI=1S/C23H29NO10/c1-24-14-7-12(8-15(24)21-20(14)34-21)33-22(30)13(11-5-3-2-4-6-11)10-32-23(31)19(29)18(28)17(27)16(26)9-25/h2-6,9,12-21,26-29H,7-8,10H2,1H3/t12?,13?,14?,15?,16-,17+,18-,19-,20?,21?/m0/s1. The van der Waals surface area contributed by atoms with Gasteiger partial charge in [-0.25, -0.2) is 4.79 Å². The summed E-state index contributed by atoms with van der Waals surface area (Å²) in [6.07, 6.45) is -7.19. The number of ether oxygens (including phenoxy) is 3. The van der Waals surface area contributed by atoms with E-state index >= 15 is 0 Å². The molecule has 1 aromatic rings. The van der Waals surface area contributed by atoms with Crippen LogP contribution in [0.25, 0.3) is 0 Å². The molecule has 186 valence electrons. The minimum Gasteiger partial charge on any atom is -0.462 e. The van der Waals surface area contributed by atoms with E-state index < -0.39 is 48.9 Å². The monoisotopic (exact) mass is 479 g/mol. The van der Waals surface area contributed by atoms with Gasteiger partial charge < -0.3 is 39.4 Å². The van der Waals surface area contributed by atoms with E-state index in [9.17, 15) is 34.8 Å². The normalized spacial score (nSPS) is 32.0. The SMILES string of the molecule is CN1C2CC(OC(=O)C(COC(=O)[C@@H](O)[C@@H](O)[C@H](O)[C@@H](O)C=O)c3ccccc3)CC1C1OC12. The number of epoxide rings is 1. The first-order valence-corrected chi connectivity index (χ1v) is 11.2. The van der Waals surface area contributed by atoms with Gasteiger partial charge in [0.25, 0.3) is 0 Å². The van der Waals surface area contributed by atoms with E-state index in [-0.39, 0.29) is 36.7 Å². The van der Waals surface area contributed by atoms with Gasteiger partial charge in [0.1, 0.15) is 49.1 Å². The van der Waals surface area contributed by atoms with Crippen LogP contribution in [0.15, 0.2) is 30.3 Å².